The fourth-order valence-corrected chi connectivity index (χ4v) is 4.99. The number of nitrogens with one attached hydrogen (secondary N) is 1. The largest absolute Gasteiger partial charge is 0.349 e. The molecule has 2 atom stereocenters. The first-order chi connectivity index (χ1) is 9.61. The van der Waals surface area contributed by atoms with Crippen LogP contribution < -0.4 is 5.32 Å². The molecule has 0 radical (unpaired) electrons. The topological polar surface area (TPSA) is 63.2 Å². The molecule has 1 amide bonds. The van der Waals surface area contributed by atoms with E-state index >= 15 is 0 Å². The van der Waals surface area contributed by atoms with Gasteiger partial charge in [0.1, 0.15) is 4.21 Å². The molecule has 1 aromatic rings. The fraction of sp³-hybridized carbons (Fsp3) is 0.643. The van der Waals surface area contributed by atoms with Crippen molar-refractivity contribution < 1.29 is 13.2 Å². The number of halogens is 1. The summed E-state index contributed by atoms with van der Waals surface area (Å²) in [5.41, 5.74) is 0.0316. The number of carbonyl (C=O) groups excluding carboxylic acids is 1. The van der Waals surface area contributed by atoms with Crippen LogP contribution in [0.25, 0.3) is 0 Å². The van der Waals surface area contributed by atoms with Crippen LogP contribution in [0.15, 0.2) is 16.3 Å². The Morgan fingerprint density at radius 2 is 2.14 bits per heavy atom. The van der Waals surface area contributed by atoms with Crippen molar-refractivity contribution in [3.05, 3.63) is 17.0 Å². The zero-order valence-electron chi connectivity index (χ0n) is 12.3. The Labute approximate surface area is 134 Å². The van der Waals surface area contributed by atoms with Gasteiger partial charge in [-0.1, -0.05) is 20.3 Å². The van der Waals surface area contributed by atoms with Crippen molar-refractivity contribution in [2.45, 2.75) is 50.3 Å². The van der Waals surface area contributed by atoms with E-state index in [4.69, 9.17) is 10.7 Å². The van der Waals surface area contributed by atoms with Gasteiger partial charge < -0.3 is 5.32 Å². The van der Waals surface area contributed by atoms with Crippen LogP contribution >= 0.6 is 22.0 Å². The van der Waals surface area contributed by atoms with Crippen LogP contribution in [0, 0.1) is 11.3 Å². The first kappa shape index (κ1) is 16.8. The van der Waals surface area contributed by atoms with Crippen molar-refractivity contribution in [3.63, 3.8) is 0 Å². The molecule has 1 fully saturated rings. The number of hydrogen-bond acceptors (Lipinski definition) is 4. The Morgan fingerprint density at radius 3 is 2.62 bits per heavy atom. The van der Waals surface area contributed by atoms with Crippen LogP contribution in [0.3, 0.4) is 0 Å². The van der Waals surface area contributed by atoms with Gasteiger partial charge in [0.2, 0.25) is 5.91 Å². The first-order valence-corrected chi connectivity index (χ1v) is 10.1. The van der Waals surface area contributed by atoms with Gasteiger partial charge in [0.15, 0.2) is 0 Å². The fourth-order valence-electron chi connectivity index (χ4n) is 2.90. The van der Waals surface area contributed by atoms with Gasteiger partial charge in [-0.2, -0.15) is 0 Å². The molecule has 1 aliphatic carbocycles. The minimum absolute atomic E-state index is 0.0242. The molecule has 0 aliphatic heterocycles. The number of thiophene rings is 1. The molecule has 1 heterocycles. The lowest BCUT2D eigenvalue weighted by molar-refractivity contribution is -0.128. The summed E-state index contributed by atoms with van der Waals surface area (Å²) in [7, 11) is 1.62. The standard InChI is InChI=1S/C14H20ClNO3S2/c1-9(11-6-7-12(20-11)21(15,18)19)16-13(17)10-5-4-8-14(10,2)3/h6-7,9-10H,4-5,8H2,1-3H3,(H,16,17). The summed E-state index contributed by atoms with van der Waals surface area (Å²) in [6.07, 6.45) is 3.05. The molecule has 4 nitrogen and oxygen atoms in total. The van der Waals surface area contributed by atoms with Crippen LogP contribution in [-0.2, 0) is 13.8 Å². The summed E-state index contributed by atoms with van der Waals surface area (Å²) < 4.78 is 22.7. The Balaban J connectivity index is 2.06. The van der Waals surface area contributed by atoms with E-state index in [1.807, 2.05) is 6.92 Å². The summed E-state index contributed by atoms with van der Waals surface area (Å²) >= 11 is 1.10. The van der Waals surface area contributed by atoms with Crippen molar-refractivity contribution >= 4 is 37.0 Å². The molecule has 0 spiro atoms. The first-order valence-electron chi connectivity index (χ1n) is 6.96. The summed E-state index contributed by atoms with van der Waals surface area (Å²) in [5, 5.41) is 2.99. The normalized spacial score (nSPS) is 23.0. The number of carbonyl (C=O) groups is 1. The second-order valence-corrected chi connectivity index (χ2v) is 10.2. The molecule has 2 rings (SSSR count). The molecule has 2 unspecified atom stereocenters. The number of hydrogen-bond donors (Lipinski definition) is 1. The second-order valence-electron chi connectivity index (χ2n) is 6.26. The van der Waals surface area contributed by atoms with Crippen LogP contribution in [0.4, 0.5) is 0 Å². The third-order valence-corrected chi connectivity index (χ3v) is 7.56. The van der Waals surface area contributed by atoms with Crippen molar-refractivity contribution in [1.29, 1.82) is 0 Å². The third kappa shape index (κ3) is 3.79. The zero-order valence-corrected chi connectivity index (χ0v) is 14.7. The highest BCUT2D eigenvalue weighted by molar-refractivity contribution is 8.15. The minimum Gasteiger partial charge on any atom is -0.349 e. The van der Waals surface area contributed by atoms with Crippen LogP contribution in [0.5, 0.6) is 0 Å². The molecule has 0 aromatic carbocycles. The zero-order chi connectivity index (χ0) is 15.8. The summed E-state index contributed by atoms with van der Waals surface area (Å²) in [5.74, 6) is 0.0739. The van der Waals surface area contributed by atoms with E-state index in [9.17, 15) is 13.2 Å². The molecule has 1 aliphatic rings. The Morgan fingerprint density at radius 1 is 1.48 bits per heavy atom. The lowest BCUT2D eigenvalue weighted by Gasteiger charge is -2.27. The number of amides is 1. The smallest absolute Gasteiger partial charge is 0.270 e. The number of rotatable bonds is 4. The summed E-state index contributed by atoms with van der Waals surface area (Å²) in [6, 6.07) is 2.96. The van der Waals surface area contributed by atoms with Crippen molar-refractivity contribution in [2.75, 3.05) is 0 Å². The van der Waals surface area contributed by atoms with Crippen molar-refractivity contribution in [3.8, 4) is 0 Å². The SMILES string of the molecule is CC(NC(=O)C1CCCC1(C)C)c1ccc(S(=O)(=O)Cl)s1. The van der Waals surface area contributed by atoms with E-state index in [2.05, 4.69) is 19.2 Å². The van der Waals surface area contributed by atoms with Crippen molar-refractivity contribution in [1.82, 2.24) is 5.32 Å². The molecule has 0 bridgehead atoms. The average Bonchev–Trinajstić information content (AvgIpc) is 2.93. The highest BCUT2D eigenvalue weighted by Gasteiger charge is 2.39. The maximum absolute atomic E-state index is 12.4. The maximum atomic E-state index is 12.4. The molecule has 1 saturated carbocycles. The van der Waals surface area contributed by atoms with Gasteiger partial charge >= 0.3 is 0 Å². The predicted octanol–water partition coefficient (Wildman–Crippen LogP) is 3.68. The Hall–Kier alpha value is -0.590. The highest BCUT2D eigenvalue weighted by atomic mass is 35.7. The molecule has 7 heteroatoms. The second kappa shape index (κ2) is 5.89. The van der Waals surface area contributed by atoms with E-state index in [1.165, 1.54) is 6.07 Å². The maximum Gasteiger partial charge on any atom is 0.270 e. The van der Waals surface area contributed by atoms with Crippen LogP contribution in [0.1, 0.15) is 51.0 Å². The van der Waals surface area contributed by atoms with E-state index in [0.29, 0.717) is 0 Å². The molecule has 0 saturated heterocycles. The van der Waals surface area contributed by atoms with Gasteiger partial charge in [-0.3, -0.25) is 4.79 Å². The van der Waals surface area contributed by atoms with Gasteiger partial charge in [-0.15, -0.1) is 11.3 Å². The lowest BCUT2D eigenvalue weighted by atomic mass is 9.81. The van der Waals surface area contributed by atoms with Gasteiger partial charge in [0.25, 0.3) is 9.05 Å². The molecular formula is C14H20ClNO3S2. The molecule has 21 heavy (non-hydrogen) atoms. The van der Waals surface area contributed by atoms with Crippen LogP contribution in [0.2, 0.25) is 0 Å². The predicted molar refractivity (Wildman–Crippen MR) is 85.0 cm³/mol. The Bertz CT molecular complexity index is 636. The lowest BCUT2D eigenvalue weighted by Crippen LogP contribution is -2.37. The van der Waals surface area contributed by atoms with E-state index in [0.717, 1.165) is 35.5 Å². The Kier molecular flexibility index (Phi) is 4.71. The molecule has 118 valence electrons. The van der Waals surface area contributed by atoms with Crippen molar-refractivity contribution in [2.24, 2.45) is 11.3 Å². The van der Waals surface area contributed by atoms with Gasteiger partial charge in [0, 0.05) is 21.5 Å². The van der Waals surface area contributed by atoms with Gasteiger partial charge in [-0.05, 0) is 37.3 Å². The summed E-state index contributed by atoms with van der Waals surface area (Å²) in [6.45, 7) is 6.10. The van der Waals surface area contributed by atoms with E-state index < -0.39 is 9.05 Å². The molecule has 1 aromatic heterocycles. The van der Waals surface area contributed by atoms with E-state index in [1.54, 1.807) is 6.07 Å². The average molecular weight is 350 g/mol. The third-order valence-electron chi connectivity index (χ3n) is 4.20. The minimum atomic E-state index is -3.70. The van der Waals surface area contributed by atoms with Gasteiger partial charge in [-0.25, -0.2) is 8.42 Å². The highest BCUT2D eigenvalue weighted by Crippen LogP contribution is 2.43. The molecule has 1 N–H and O–H groups in total. The van der Waals surface area contributed by atoms with Gasteiger partial charge in [0.05, 0.1) is 6.04 Å². The monoisotopic (exact) mass is 349 g/mol. The van der Waals surface area contributed by atoms with E-state index in [-0.39, 0.29) is 27.5 Å². The van der Waals surface area contributed by atoms with Crippen LogP contribution in [-0.4, -0.2) is 14.3 Å². The molecular weight excluding hydrogens is 330 g/mol. The quantitative estimate of drug-likeness (QED) is 0.843. The summed E-state index contributed by atoms with van der Waals surface area (Å²) in [4.78, 5) is 13.2.